The van der Waals surface area contributed by atoms with Crippen LogP contribution in [0.2, 0.25) is 0 Å². The summed E-state index contributed by atoms with van der Waals surface area (Å²) in [6.07, 6.45) is 3.52. The molecule has 1 saturated carbocycles. The zero-order chi connectivity index (χ0) is 25.2. The number of rotatable bonds is 8. The summed E-state index contributed by atoms with van der Waals surface area (Å²) >= 11 is 0. The average Bonchev–Trinajstić information content (AvgIpc) is 3.48. The summed E-state index contributed by atoms with van der Waals surface area (Å²) in [4.78, 5) is 16.2. The lowest BCUT2D eigenvalue weighted by atomic mass is 10.1. The van der Waals surface area contributed by atoms with Gasteiger partial charge in [-0.25, -0.2) is 14.2 Å². The predicted molar refractivity (Wildman–Crippen MR) is 129 cm³/mol. The number of pyridine rings is 1. The van der Waals surface area contributed by atoms with Gasteiger partial charge < -0.3 is 19.9 Å². The fraction of sp³-hybridized carbons (Fsp3) is 0.400. The summed E-state index contributed by atoms with van der Waals surface area (Å²) in [5.41, 5.74) is 8.70. The fourth-order valence-electron chi connectivity index (χ4n) is 3.61. The molecular weight excluding hydrogens is 453 g/mol. The average molecular weight is 484 g/mol. The molecule has 35 heavy (non-hydrogen) atoms. The first-order chi connectivity index (χ1) is 16.6. The standard InChI is InChI=1S/C25H30FN5O4/c1-25(2,3)35-24(32)29-22-12-16(26)11-17(28-22)14-34-13-15-9-19(23(33-4)20(27)10-15)21-7-8-31(30-21)18-5-6-18/h7-12,18H,5-6,13-14,27H2,1-4H3,(H,28,29,32). The van der Waals surface area contributed by atoms with Gasteiger partial charge >= 0.3 is 6.09 Å². The number of ether oxygens (including phenoxy) is 3. The second kappa shape index (κ2) is 9.91. The zero-order valence-electron chi connectivity index (χ0n) is 20.3. The number of carbonyl (C=O) groups is 1. The van der Waals surface area contributed by atoms with Gasteiger partial charge in [0.05, 0.1) is 43.4 Å². The highest BCUT2D eigenvalue weighted by molar-refractivity contribution is 5.83. The first-order valence-corrected chi connectivity index (χ1v) is 11.4. The van der Waals surface area contributed by atoms with Crippen molar-refractivity contribution in [1.29, 1.82) is 0 Å². The van der Waals surface area contributed by atoms with E-state index in [0.717, 1.165) is 35.7 Å². The second-order valence-corrected chi connectivity index (χ2v) is 9.46. The van der Waals surface area contributed by atoms with E-state index in [2.05, 4.69) is 15.4 Å². The van der Waals surface area contributed by atoms with Gasteiger partial charge in [0.2, 0.25) is 0 Å². The molecule has 9 nitrogen and oxygen atoms in total. The van der Waals surface area contributed by atoms with Gasteiger partial charge in [0.1, 0.15) is 17.2 Å². The fourth-order valence-corrected chi connectivity index (χ4v) is 3.61. The molecule has 1 fully saturated rings. The smallest absolute Gasteiger partial charge is 0.413 e. The molecule has 0 spiro atoms. The number of methoxy groups -OCH3 is 1. The van der Waals surface area contributed by atoms with Gasteiger partial charge in [0, 0.05) is 17.8 Å². The molecule has 0 aliphatic heterocycles. The number of nitrogens with one attached hydrogen (secondary N) is 1. The summed E-state index contributed by atoms with van der Waals surface area (Å²) in [6.45, 7) is 5.44. The Labute approximate surface area is 203 Å². The summed E-state index contributed by atoms with van der Waals surface area (Å²) in [5, 5.41) is 7.11. The maximum Gasteiger partial charge on any atom is 0.413 e. The molecular formula is C25H30FN5O4. The minimum absolute atomic E-state index is 0.0261. The van der Waals surface area contributed by atoms with Crippen LogP contribution < -0.4 is 15.8 Å². The van der Waals surface area contributed by atoms with Crippen LogP contribution in [0.3, 0.4) is 0 Å². The maximum atomic E-state index is 14.1. The third kappa shape index (κ3) is 6.48. The van der Waals surface area contributed by atoms with E-state index in [-0.39, 0.29) is 19.0 Å². The number of benzene rings is 1. The molecule has 0 unspecified atom stereocenters. The Morgan fingerprint density at radius 3 is 2.69 bits per heavy atom. The highest BCUT2D eigenvalue weighted by atomic mass is 19.1. The molecule has 1 aliphatic rings. The molecule has 0 radical (unpaired) electrons. The number of amides is 1. The number of hydrogen-bond donors (Lipinski definition) is 2. The molecule has 0 atom stereocenters. The summed E-state index contributed by atoms with van der Waals surface area (Å²) < 4.78 is 32.5. The number of nitrogens with zero attached hydrogens (tertiary/aromatic N) is 3. The van der Waals surface area contributed by atoms with Crippen molar-refractivity contribution in [3.8, 4) is 17.0 Å². The van der Waals surface area contributed by atoms with Crippen molar-refractivity contribution in [2.24, 2.45) is 0 Å². The van der Waals surface area contributed by atoms with Gasteiger partial charge in [-0.2, -0.15) is 5.10 Å². The van der Waals surface area contributed by atoms with E-state index >= 15 is 0 Å². The molecule has 0 bridgehead atoms. The first-order valence-electron chi connectivity index (χ1n) is 11.4. The normalized spacial score (nSPS) is 13.5. The molecule has 4 rings (SSSR count). The van der Waals surface area contributed by atoms with E-state index in [9.17, 15) is 9.18 Å². The van der Waals surface area contributed by atoms with Crippen molar-refractivity contribution < 1.29 is 23.4 Å². The molecule has 1 amide bonds. The lowest BCUT2D eigenvalue weighted by molar-refractivity contribution is 0.0635. The van der Waals surface area contributed by atoms with E-state index in [4.69, 9.17) is 19.9 Å². The minimum atomic E-state index is -0.715. The Morgan fingerprint density at radius 2 is 2.00 bits per heavy atom. The van der Waals surface area contributed by atoms with Gasteiger partial charge in [-0.15, -0.1) is 0 Å². The first kappa shape index (κ1) is 24.5. The van der Waals surface area contributed by atoms with E-state index in [1.54, 1.807) is 33.9 Å². The molecule has 1 aromatic carbocycles. The van der Waals surface area contributed by atoms with Crippen LogP contribution in [0, 0.1) is 5.82 Å². The second-order valence-electron chi connectivity index (χ2n) is 9.46. The number of nitrogen functional groups attached to an aromatic ring is 1. The lowest BCUT2D eigenvalue weighted by Crippen LogP contribution is -2.27. The van der Waals surface area contributed by atoms with Crippen molar-refractivity contribution in [3.63, 3.8) is 0 Å². The van der Waals surface area contributed by atoms with Crippen LogP contribution in [0.1, 0.15) is 50.9 Å². The molecule has 3 aromatic rings. The largest absolute Gasteiger partial charge is 0.494 e. The van der Waals surface area contributed by atoms with E-state index < -0.39 is 17.5 Å². The predicted octanol–water partition coefficient (Wildman–Crippen LogP) is 5.07. The van der Waals surface area contributed by atoms with Crippen LogP contribution in [-0.2, 0) is 22.7 Å². The van der Waals surface area contributed by atoms with Crippen molar-refractivity contribution >= 4 is 17.6 Å². The number of anilines is 2. The van der Waals surface area contributed by atoms with Gasteiger partial charge in [-0.05, 0) is 63.4 Å². The van der Waals surface area contributed by atoms with Crippen LogP contribution in [0.15, 0.2) is 36.5 Å². The van der Waals surface area contributed by atoms with Crippen LogP contribution in [-0.4, -0.2) is 33.6 Å². The monoisotopic (exact) mass is 483 g/mol. The summed E-state index contributed by atoms with van der Waals surface area (Å²) in [6, 6.07) is 8.46. The van der Waals surface area contributed by atoms with Crippen molar-refractivity contribution in [2.75, 3.05) is 18.2 Å². The minimum Gasteiger partial charge on any atom is -0.494 e. The maximum absolute atomic E-state index is 14.1. The molecule has 3 N–H and O–H groups in total. The van der Waals surface area contributed by atoms with Crippen molar-refractivity contribution in [3.05, 3.63) is 53.6 Å². The molecule has 186 valence electrons. The SMILES string of the molecule is COc1c(N)cc(COCc2cc(F)cc(NC(=O)OC(C)(C)C)n2)cc1-c1ccn(C2CC2)n1. The number of carbonyl (C=O) groups excluding carboxylic acids is 1. The topological polar surface area (TPSA) is 114 Å². The summed E-state index contributed by atoms with van der Waals surface area (Å²) in [7, 11) is 1.57. The van der Waals surface area contributed by atoms with Crippen LogP contribution in [0.4, 0.5) is 20.7 Å². The van der Waals surface area contributed by atoms with Gasteiger partial charge in [-0.3, -0.25) is 10.00 Å². The third-order valence-electron chi connectivity index (χ3n) is 5.18. The lowest BCUT2D eigenvalue weighted by Gasteiger charge is -2.19. The molecule has 1 aliphatic carbocycles. The Bertz CT molecular complexity index is 1220. The summed E-state index contributed by atoms with van der Waals surface area (Å²) in [5.74, 6) is 0.0476. The zero-order valence-corrected chi connectivity index (χ0v) is 20.3. The molecule has 10 heteroatoms. The number of hydrogen-bond acceptors (Lipinski definition) is 7. The van der Waals surface area contributed by atoms with Gasteiger partial charge in [-0.1, -0.05) is 0 Å². The Kier molecular flexibility index (Phi) is 6.93. The number of aromatic nitrogens is 3. The Balaban J connectivity index is 1.44. The van der Waals surface area contributed by atoms with Gasteiger partial charge in [0.25, 0.3) is 0 Å². The van der Waals surface area contributed by atoms with Crippen LogP contribution >= 0.6 is 0 Å². The van der Waals surface area contributed by atoms with E-state index in [1.165, 1.54) is 6.07 Å². The molecule has 0 saturated heterocycles. The highest BCUT2D eigenvalue weighted by Gasteiger charge is 2.25. The van der Waals surface area contributed by atoms with E-state index in [1.807, 2.05) is 23.0 Å². The molecule has 2 aromatic heterocycles. The van der Waals surface area contributed by atoms with Crippen molar-refractivity contribution in [2.45, 2.75) is 58.5 Å². The quantitative estimate of drug-likeness (QED) is 0.430. The Morgan fingerprint density at radius 1 is 1.23 bits per heavy atom. The van der Waals surface area contributed by atoms with Crippen molar-refractivity contribution in [1.82, 2.24) is 14.8 Å². The van der Waals surface area contributed by atoms with Gasteiger partial charge in [0.15, 0.2) is 5.75 Å². The number of nitrogens with two attached hydrogens (primary N) is 1. The molecule has 2 heterocycles. The highest BCUT2D eigenvalue weighted by Crippen LogP contribution is 2.38. The third-order valence-corrected chi connectivity index (χ3v) is 5.18. The van der Waals surface area contributed by atoms with E-state index in [0.29, 0.717) is 23.2 Å². The number of halogens is 1. The van der Waals surface area contributed by atoms with Crippen LogP contribution in [0.25, 0.3) is 11.3 Å². The Hall–Kier alpha value is -3.66. The van der Waals surface area contributed by atoms with Crippen LogP contribution in [0.5, 0.6) is 5.75 Å².